The first-order valence-electron chi connectivity index (χ1n) is 41.3. The molecule has 0 aliphatic heterocycles. The van der Waals surface area contributed by atoms with Crippen molar-refractivity contribution in [3.8, 4) is 154 Å². The van der Waals surface area contributed by atoms with Crippen LogP contribution in [0.5, 0.6) is 34.9 Å². The summed E-state index contributed by atoms with van der Waals surface area (Å²) in [5.41, 5.74) is 20.4. The minimum atomic E-state index is -0.0950. The zero-order chi connectivity index (χ0) is 89.0. The van der Waals surface area contributed by atoms with Gasteiger partial charge in [-0.05, 0) is 91.4 Å². The van der Waals surface area contributed by atoms with Gasteiger partial charge in [-0.1, -0.05) is 341 Å². The molecule has 648 valence electrons. The van der Waals surface area contributed by atoms with E-state index < -0.39 is 0 Å². The van der Waals surface area contributed by atoms with Gasteiger partial charge in [-0.2, -0.15) is 5.56 Å². The minimum absolute atomic E-state index is 0. The van der Waals surface area contributed by atoms with Crippen LogP contribution in [0.3, 0.4) is 0 Å². The van der Waals surface area contributed by atoms with Gasteiger partial charge in [0, 0.05) is 71.4 Å². The van der Waals surface area contributed by atoms with Crippen LogP contribution >= 0.6 is 0 Å². The molecule has 130 heavy (non-hydrogen) atoms. The first-order chi connectivity index (χ1) is 61.6. The van der Waals surface area contributed by atoms with Crippen LogP contribution in [0.1, 0.15) is 101 Å². The SMILES string of the molecule is CC(C)(C)c1cc(Oc2ccccn2)[c-]c(-c2nc(-c3ccc(-c4ccccc4)cc3)n[n-]2)c1.CC(C)(C)c1cc(Oc2ccccn2)[c-]c(-c2nc(-c3ccc(-c4ccccc4)cc3)n[n-]2)c1.Cc1c(-c2ccc(-c3ccccc3)cc2)n[n-]c1-c1[c-]c(Oc2ccccn2)cc(C(C)(C)C)c1.[Au+3].[Au+3].[Au+3].[C-]#Cc1ccccc1.[C-]#Cc1ccccc1.[C-]#Cc1ccccc1. The van der Waals surface area contributed by atoms with Crippen LogP contribution < -0.4 is 29.5 Å². The fraction of sp³-hybridized carbons (Fsp3) is 0.115. The van der Waals surface area contributed by atoms with Crippen molar-refractivity contribution in [1.82, 2.24) is 55.5 Å². The Morgan fingerprint density at radius 2 is 0.546 bits per heavy atom. The van der Waals surface area contributed by atoms with E-state index in [9.17, 15) is 0 Å². The van der Waals surface area contributed by atoms with Crippen LogP contribution in [0.2, 0.25) is 0 Å². The van der Waals surface area contributed by atoms with Gasteiger partial charge in [-0.15, -0.1) is 111 Å². The van der Waals surface area contributed by atoms with Crippen LogP contribution in [-0.2, 0) is 83.4 Å². The number of aromatic nitrogens is 11. The van der Waals surface area contributed by atoms with Crippen molar-refractivity contribution >= 4 is 0 Å². The number of ether oxygens (including phenoxy) is 3. The third-order valence-corrected chi connectivity index (χ3v) is 19.8. The molecule has 0 atom stereocenters. The van der Waals surface area contributed by atoms with Gasteiger partial charge >= 0.3 is 67.1 Å². The summed E-state index contributed by atoms with van der Waals surface area (Å²) in [6.07, 6.45) is 25.2. The van der Waals surface area contributed by atoms with Gasteiger partial charge in [-0.25, -0.2) is 20.6 Å². The largest absolute Gasteiger partial charge is 3.00 e. The summed E-state index contributed by atoms with van der Waals surface area (Å²) in [6, 6.07) is 123. The maximum Gasteiger partial charge on any atom is 3.00 e. The zero-order valence-corrected chi connectivity index (χ0v) is 79.7. The first-order valence-corrected chi connectivity index (χ1v) is 41.3. The van der Waals surface area contributed by atoms with Crippen molar-refractivity contribution in [3.05, 3.63) is 441 Å². The quantitative estimate of drug-likeness (QED) is 0.0539. The van der Waals surface area contributed by atoms with Crippen LogP contribution in [0.15, 0.2) is 364 Å². The van der Waals surface area contributed by atoms with Crippen LogP contribution in [0.4, 0.5) is 0 Å². The fourth-order valence-electron chi connectivity index (χ4n) is 12.8. The van der Waals surface area contributed by atoms with Crippen molar-refractivity contribution in [2.24, 2.45) is 0 Å². The molecular formula is C113H90Au3N11O3. The van der Waals surface area contributed by atoms with Crippen molar-refractivity contribution in [2.45, 2.75) is 85.5 Å². The number of pyridine rings is 3. The molecule has 0 saturated carbocycles. The van der Waals surface area contributed by atoms with E-state index in [0.29, 0.717) is 58.2 Å². The van der Waals surface area contributed by atoms with Crippen LogP contribution in [-0.4, -0.2) is 40.2 Å². The zero-order valence-electron chi connectivity index (χ0n) is 73.2. The summed E-state index contributed by atoms with van der Waals surface area (Å²) in [4.78, 5) is 22.2. The second-order valence-electron chi connectivity index (χ2n) is 32.2. The molecule has 0 aliphatic rings. The Labute approximate surface area is 810 Å². The molecule has 6 aromatic heterocycles. The molecule has 0 unspecified atom stereocenters. The predicted molar refractivity (Wildman–Crippen MR) is 505 cm³/mol. The van der Waals surface area contributed by atoms with Gasteiger partial charge in [0.05, 0.1) is 0 Å². The summed E-state index contributed by atoms with van der Waals surface area (Å²) in [6.45, 7) is 21.5. The Morgan fingerprint density at radius 1 is 0.285 bits per heavy atom. The van der Waals surface area contributed by atoms with Gasteiger partial charge in [0.2, 0.25) is 17.6 Å². The number of hydrogen-bond acceptors (Lipinski definition) is 11. The standard InChI is InChI=1S/C31H27N3O.2C29H24N4O.3C8H5.3Au/c1-21-29(24-15-13-23(14-16-24)22-10-6-5-7-11-22)33-34-30(21)25-18-26(31(2,3)4)20-27(19-25)35-28-12-8-9-17-32-28;2*1-29(2,3)24-17-23(18-25(19-24)34-26-11-7-8-16-30-26)28-31-27(32-33-28)22-14-12-21(13-15-22)20-9-5-4-6-10-20;3*1-2-8-6-4-3-5-7-8;;;/h5-18,20H,1-4H3;2*4-17,19H,1-3H3;3*3-7H;;;/q3*-2;3*-1;3*+3. The topological polar surface area (TPSA) is 173 Å². The van der Waals surface area contributed by atoms with E-state index in [4.69, 9.17) is 43.4 Å². The maximum atomic E-state index is 6.69. The summed E-state index contributed by atoms with van der Waals surface area (Å²) in [5.74, 6) is 12.3. The first kappa shape index (κ1) is 98.1. The van der Waals surface area contributed by atoms with Gasteiger partial charge < -0.3 is 63.8 Å². The fourth-order valence-corrected chi connectivity index (χ4v) is 12.8. The number of hydrogen-bond donors (Lipinski definition) is 0. The molecule has 0 spiro atoms. The average molecular weight is 2240 g/mol. The number of nitrogens with zero attached hydrogens (tertiary/aromatic N) is 11. The van der Waals surface area contributed by atoms with E-state index in [0.717, 1.165) is 94.8 Å². The van der Waals surface area contributed by atoms with E-state index >= 15 is 0 Å². The Morgan fingerprint density at radius 3 is 0.823 bits per heavy atom. The molecule has 0 amide bonds. The number of benzene rings is 12. The molecule has 0 bridgehead atoms. The second-order valence-corrected chi connectivity index (χ2v) is 32.2. The molecule has 14 nitrogen and oxygen atoms in total. The van der Waals surface area contributed by atoms with Gasteiger partial charge in [-0.3, -0.25) is 28.0 Å². The Bertz CT molecular complexity index is 6310. The summed E-state index contributed by atoms with van der Waals surface area (Å²) >= 11 is 0. The predicted octanol–water partition coefficient (Wildman–Crippen LogP) is 25.9. The minimum Gasteiger partial charge on any atom is -0.618 e. The maximum absolute atomic E-state index is 6.69. The van der Waals surface area contributed by atoms with Crippen molar-refractivity contribution in [3.63, 3.8) is 0 Å². The Balaban J connectivity index is 0.000000177. The molecule has 18 rings (SSSR count). The van der Waals surface area contributed by atoms with Gasteiger partial charge in [0.25, 0.3) is 0 Å². The smallest absolute Gasteiger partial charge is 0.618 e. The van der Waals surface area contributed by atoms with Crippen LogP contribution in [0.25, 0.3) is 101 Å². The average Bonchev–Trinajstić information content (AvgIpc) is 1.03. The van der Waals surface area contributed by atoms with E-state index in [1.165, 1.54) is 22.3 Å². The summed E-state index contributed by atoms with van der Waals surface area (Å²) < 4.78 is 18.0. The molecule has 0 fully saturated rings. The molecule has 0 aliphatic carbocycles. The van der Waals surface area contributed by atoms with E-state index in [2.05, 4.69) is 254 Å². The van der Waals surface area contributed by atoms with E-state index in [1.807, 2.05) is 243 Å². The third kappa shape index (κ3) is 28.2. The molecule has 0 saturated heterocycles. The van der Waals surface area contributed by atoms with Crippen molar-refractivity contribution in [1.29, 1.82) is 0 Å². The van der Waals surface area contributed by atoms with Gasteiger partial charge in [0.1, 0.15) is 0 Å². The molecule has 6 heterocycles. The molecule has 18 aromatic rings. The summed E-state index contributed by atoms with van der Waals surface area (Å²) in [7, 11) is 0. The van der Waals surface area contributed by atoms with E-state index in [-0.39, 0.29) is 83.4 Å². The summed E-state index contributed by atoms with van der Waals surface area (Å²) in [5, 5.41) is 26.5. The normalized spacial score (nSPS) is 10.5. The number of rotatable bonds is 15. The van der Waals surface area contributed by atoms with E-state index in [1.54, 1.807) is 18.6 Å². The van der Waals surface area contributed by atoms with Crippen LogP contribution in [0, 0.1) is 62.2 Å². The Hall–Kier alpha value is -14.1. The van der Waals surface area contributed by atoms with Crippen molar-refractivity contribution in [2.75, 3.05) is 0 Å². The molecule has 0 radical (unpaired) electrons. The molecular weight excluding hydrogens is 2150 g/mol. The third-order valence-electron chi connectivity index (χ3n) is 19.8. The second kappa shape index (κ2) is 47.6. The monoisotopic (exact) mass is 2240 g/mol. The molecule has 17 heteroatoms. The Kier molecular flexibility index (Phi) is 35.9. The molecule has 0 N–H and O–H groups in total. The van der Waals surface area contributed by atoms with Gasteiger partial charge in [0.15, 0.2) is 0 Å². The van der Waals surface area contributed by atoms with Crippen molar-refractivity contribution < 1.29 is 81.4 Å². The molecule has 12 aromatic carbocycles.